The van der Waals surface area contributed by atoms with Gasteiger partial charge in [0.2, 0.25) is 0 Å². The fourth-order valence-electron chi connectivity index (χ4n) is 3.14. The molecule has 0 aromatic carbocycles. The molecule has 2 heterocycles. The quantitative estimate of drug-likeness (QED) is 0.782. The Bertz CT molecular complexity index is 444. The van der Waals surface area contributed by atoms with E-state index in [9.17, 15) is 0 Å². The summed E-state index contributed by atoms with van der Waals surface area (Å²) in [7, 11) is 4.33. The maximum atomic E-state index is 4.50. The Hall–Kier alpha value is -1.13. The Balaban J connectivity index is 2.17. The van der Waals surface area contributed by atoms with Gasteiger partial charge in [-0.2, -0.15) is 0 Å². The lowest BCUT2D eigenvalue weighted by Crippen LogP contribution is -2.38. The van der Waals surface area contributed by atoms with Gasteiger partial charge in [0.1, 0.15) is 0 Å². The minimum absolute atomic E-state index is 0.631. The van der Waals surface area contributed by atoms with Crippen molar-refractivity contribution in [1.82, 2.24) is 15.2 Å². The summed E-state index contributed by atoms with van der Waals surface area (Å²) in [4.78, 5) is 9.39. The molecule has 1 aromatic rings. The normalized spacial score (nSPS) is 18.7. The zero-order chi connectivity index (χ0) is 15.2. The Labute approximate surface area is 129 Å². The molecule has 0 saturated carbocycles. The molecule has 4 nitrogen and oxygen atoms in total. The Morgan fingerprint density at radius 1 is 1.43 bits per heavy atom. The lowest BCUT2D eigenvalue weighted by molar-refractivity contribution is 0.372. The topological polar surface area (TPSA) is 31.4 Å². The molecule has 0 bridgehead atoms. The molecule has 1 aliphatic rings. The van der Waals surface area contributed by atoms with Gasteiger partial charge in [0.25, 0.3) is 0 Å². The number of pyridine rings is 1. The maximum Gasteiger partial charge on any atom is 0.0448 e. The number of aromatic nitrogens is 1. The average Bonchev–Trinajstić information content (AvgIpc) is 2.87. The Morgan fingerprint density at radius 2 is 2.24 bits per heavy atom. The molecule has 21 heavy (non-hydrogen) atoms. The summed E-state index contributed by atoms with van der Waals surface area (Å²) in [5.74, 6) is 0. The van der Waals surface area contributed by atoms with Gasteiger partial charge in [-0.1, -0.05) is 6.92 Å². The predicted molar refractivity (Wildman–Crippen MR) is 89.9 cm³/mol. The van der Waals surface area contributed by atoms with Crippen LogP contribution in [-0.2, 0) is 6.54 Å². The molecule has 1 N–H and O–H groups in total. The molecule has 118 valence electrons. The van der Waals surface area contributed by atoms with Crippen LogP contribution in [0.2, 0.25) is 0 Å². The highest BCUT2D eigenvalue weighted by Crippen LogP contribution is 2.29. The molecule has 0 amide bonds. The van der Waals surface area contributed by atoms with E-state index < -0.39 is 0 Å². The van der Waals surface area contributed by atoms with Gasteiger partial charge in [-0.25, -0.2) is 0 Å². The van der Waals surface area contributed by atoms with E-state index >= 15 is 0 Å². The minimum Gasteiger partial charge on any atom is -0.367 e. The van der Waals surface area contributed by atoms with Crippen LogP contribution in [0.25, 0.3) is 0 Å². The lowest BCUT2D eigenvalue weighted by Gasteiger charge is -2.31. The number of hydrogen-bond donors (Lipinski definition) is 1. The Morgan fingerprint density at radius 3 is 2.95 bits per heavy atom. The first-order chi connectivity index (χ1) is 10.1. The smallest absolute Gasteiger partial charge is 0.0448 e. The number of hydrogen-bond acceptors (Lipinski definition) is 4. The summed E-state index contributed by atoms with van der Waals surface area (Å²) in [5, 5.41) is 3.51. The third-order valence-corrected chi connectivity index (χ3v) is 4.10. The van der Waals surface area contributed by atoms with Crippen LogP contribution >= 0.6 is 0 Å². The first kappa shape index (κ1) is 16.2. The monoisotopic (exact) mass is 290 g/mol. The van der Waals surface area contributed by atoms with Gasteiger partial charge in [0.05, 0.1) is 0 Å². The van der Waals surface area contributed by atoms with Gasteiger partial charge >= 0.3 is 0 Å². The van der Waals surface area contributed by atoms with Crippen LogP contribution in [0.3, 0.4) is 0 Å². The fraction of sp³-hybridized carbons (Fsp3) is 0.706. The van der Waals surface area contributed by atoms with Gasteiger partial charge in [0.15, 0.2) is 0 Å². The molecule has 1 fully saturated rings. The van der Waals surface area contributed by atoms with E-state index in [-0.39, 0.29) is 0 Å². The highest BCUT2D eigenvalue weighted by Gasteiger charge is 2.26. The highest BCUT2D eigenvalue weighted by atomic mass is 15.2. The van der Waals surface area contributed by atoms with Crippen molar-refractivity contribution in [3.63, 3.8) is 0 Å². The molecule has 1 aromatic heterocycles. The number of rotatable bonds is 7. The van der Waals surface area contributed by atoms with Crippen LogP contribution in [0.5, 0.6) is 0 Å². The number of nitrogens with zero attached hydrogens (tertiary/aromatic N) is 3. The molecule has 1 saturated heterocycles. The maximum absolute atomic E-state index is 4.50. The van der Waals surface area contributed by atoms with E-state index in [0.29, 0.717) is 6.04 Å². The van der Waals surface area contributed by atoms with Crippen molar-refractivity contribution in [3.05, 3.63) is 23.5 Å². The van der Waals surface area contributed by atoms with Gasteiger partial charge in [-0.15, -0.1) is 0 Å². The van der Waals surface area contributed by atoms with Crippen LogP contribution in [0.1, 0.15) is 37.4 Å². The largest absolute Gasteiger partial charge is 0.367 e. The van der Waals surface area contributed by atoms with Crippen molar-refractivity contribution in [2.75, 3.05) is 38.6 Å². The van der Waals surface area contributed by atoms with Crippen molar-refractivity contribution < 1.29 is 0 Å². The summed E-state index contributed by atoms with van der Waals surface area (Å²) < 4.78 is 0. The fourth-order valence-corrected chi connectivity index (χ4v) is 3.14. The first-order valence-corrected chi connectivity index (χ1v) is 8.19. The van der Waals surface area contributed by atoms with Crippen LogP contribution in [0.4, 0.5) is 5.69 Å². The van der Waals surface area contributed by atoms with Crippen molar-refractivity contribution in [3.8, 4) is 0 Å². The third kappa shape index (κ3) is 4.42. The molecule has 4 heteroatoms. The van der Waals surface area contributed by atoms with Crippen molar-refractivity contribution in [2.24, 2.45) is 0 Å². The van der Waals surface area contributed by atoms with Gasteiger partial charge in [-0.3, -0.25) is 4.98 Å². The summed E-state index contributed by atoms with van der Waals surface area (Å²) in [6.07, 6.45) is 5.81. The zero-order valence-electron chi connectivity index (χ0n) is 14.0. The number of aryl methyl sites for hydroxylation is 1. The molecule has 1 aliphatic heterocycles. The van der Waals surface area contributed by atoms with Crippen molar-refractivity contribution >= 4 is 5.69 Å². The summed E-state index contributed by atoms with van der Waals surface area (Å²) in [6, 6.07) is 2.89. The lowest BCUT2D eigenvalue weighted by atomic mass is 10.1. The van der Waals surface area contributed by atoms with E-state index in [2.05, 4.69) is 60.3 Å². The summed E-state index contributed by atoms with van der Waals surface area (Å²) >= 11 is 0. The van der Waals surface area contributed by atoms with Crippen molar-refractivity contribution in [2.45, 2.75) is 45.7 Å². The van der Waals surface area contributed by atoms with Crippen LogP contribution in [-0.4, -0.2) is 49.7 Å². The SMILES string of the molecule is CCCNCc1cnc(C)cc1N1CCCC1CN(C)C. The Kier molecular flexibility index (Phi) is 6.00. The van der Waals surface area contributed by atoms with Crippen molar-refractivity contribution in [1.29, 1.82) is 0 Å². The second-order valence-corrected chi connectivity index (χ2v) is 6.38. The molecule has 1 atom stereocenters. The highest BCUT2D eigenvalue weighted by molar-refractivity contribution is 5.55. The zero-order valence-corrected chi connectivity index (χ0v) is 14.0. The third-order valence-electron chi connectivity index (χ3n) is 4.10. The standard InChI is InChI=1S/C17H30N4/c1-5-8-18-11-15-12-19-14(2)10-17(15)21-9-6-7-16(21)13-20(3)4/h10,12,16,18H,5-9,11,13H2,1-4H3. The second-order valence-electron chi connectivity index (χ2n) is 6.38. The summed E-state index contributed by atoms with van der Waals surface area (Å²) in [5.41, 5.74) is 3.83. The average molecular weight is 290 g/mol. The molecule has 1 unspecified atom stereocenters. The van der Waals surface area contributed by atoms with Gasteiger partial charge < -0.3 is 15.1 Å². The minimum atomic E-state index is 0.631. The molecule has 0 spiro atoms. The number of anilines is 1. The number of nitrogens with one attached hydrogen (secondary N) is 1. The van der Waals surface area contributed by atoms with Gasteiger partial charge in [0, 0.05) is 48.8 Å². The van der Waals surface area contributed by atoms with E-state index in [0.717, 1.165) is 25.3 Å². The molecular formula is C17H30N4. The van der Waals surface area contributed by atoms with Crippen LogP contribution < -0.4 is 10.2 Å². The molecule has 0 aliphatic carbocycles. The first-order valence-electron chi connectivity index (χ1n) is 8.19. The number of likely N-dealkylation sites (N-methyl/N-ethyl adjacent to an activating group) is 1. The van der Waals surface area contributed by atoms with Gasteiger partial charge in [-0.05, 0) is 52.9 Å². The van der Waals surface area contributed by atoms with E-state index in [1.807, 2.05) is 0 Å². The molecule has 0 radical (unpaired) electrons. The van der Waals surface area contributed by atoms with E-state index in [1.54, 1.807) is 0 Å². The van der Waals surface area contributed by atoms with E-state index in [1.165, 1.54) is 37.1 Å². The molecule has 2 rings (SSSR count). The van der Waals surface area contributed by atoms with E-state index in [4.69, 9.17) is 0 Å². The second kappa shape index (κ2) is 7.76. The predicted octanol–water partition coefficient (Wildman–Crippen LogP) is 2.42. The van der Waals surface area contributed by atoms with Crippen LogP contribution in [0, 0.1) is 6.92 Å². The van der Waals surface area contributed by atoms with Crippen LogP contribution in [0.15, 0.2) is 12.3 Å². The molecular weight excluding hydrogens is 260 g/mol. The summed E-state index contributed by atoms with van der Waals surface area (Å²) in [6.45, 7) is 8.57.